The van der Waals surface area contributed by atoms with Crippen LogP contribution in [0.15, 0.2) is 18.2 Å². The molecule has 21 heavy (non-hydrogen) atoms. The van der Waals surface area contributed by atoms with Crippen molar-refractivity contribution < 1.29 is 23.4 Å². The lowest BCUT2D eigenvalue weighted by Gasteiger charge is -2.34. The molecule has 2 rings (SSSR count). The first-order valence-corrected chi connectivity index (χ1v) is 7.01. The number of hydrogen-bond acceptors (Lipinski definition) is 4. The molecule has 0 amide bonds. The van der Waals surface area contributed by atoms with Gasteiger partial charge in [0.05, 0.1) is 13.2 Å². The summed E-state index contributed by atoms with van der Waals surface area (Å²) in [4.78, 5) is 2.15. The van der Waals surface area contributed by atoms with Gasteiger partial charge in [0.1, 0.15) is 0 Å². The van der Waals surface area contributed by atoms with E-state index < -0.39 is 6.61 Å². The molecule has 2 atom stereocenters. The molecule has 2 unspecified atom stereocenters. The number of aliphatic hydroxyl groups is 1. The van der Waals surface area contributed by atoms with Gasteiger partial charge in [-0.05, 0) is 36.6 Å². The summed E-state index contributed by atoms with van der Waals surface area (Å²) in [5.74, 6) is 0.639. The van der Waals surface area contributed by atoms with E-state index in [1.54, 1.807) is 12.1 Å². The molecule has 1 saturated heterocycles. The number of benzene rings is 1. The highest BCUT2D eigenvalue weighted by Crippen LogP contribution is 2.30. The third-order valence-electron chi connectivity index (χ3n) is 3.85. The molecule has 1 aliphatic rings. The van der Waals surface area contributed by atoms with E-state index in [0.717, 1.165) is 18.5 Å². The normalized spacial score (nSPS) is 23.3. The van der Waals surface area contributed by atoms with E-state index in [1.807, 2.05) is 6.92 Å². The molecule has 0 radical (unpaired) electrons. The van der Waals surface area contributed by atoms with E-state index in [2.05, 4.69) is 9.64 Å². The van der Waals surface area contributed by atoms with Crippen molar-refractivity contribution in [3.05, 3.63) is 23.8 Å². The summed E-state index contributed by atoms with van der Waals surface area (Å²) in [6.45, 7) is 1.36. The molecule has 0 aliphatic carbocycles. The molecule has 6 heteroatoms. The predicted molar refractivity (Wildman–Crippen MR) is 74.7 cm³/mol. The average molecular weight is 301 g/mol. The summed E-state index contributed by atoms with van der Waals surface area (Å²) in [7, 11) is 1.42. The minimum Gasteiger partial charge on any atom is -0.493 e. The standard InChI is InChI=1S/C15H21F2NO3/c1-10-5-6-18(9-12(10)19)8-11-3-4-13(21-15(16)17)14(7-11)20-2/h3-4,7,10,12,15,19H,5-6,8-9H2,1-2H3. The number of halogens is 2. The quantitative estimate of drug-likeness (QED) is 0.907. The van der Waals surface area contributed by atoms with Crippen molar-refractivity contribution in [2.75, 3.05) is 20.2 Å². The van der Waals surface area contributed by atoms with Gasteiger partial charge in [0.15, 0.2) is 11.5 Å². The van der Waals surface area contributed by atoms with Gasteiger partial charge >= 0.3 is 6.61 Å². The highest BCUT2D eigenvalue weighted by Gasteiger charge is 2.24. The summed E-state index contributed by atoms with van der Waals surface area (Å²) in [5.41, 5.74) is 0.940. The van der Waals surface area contributed by atoms with Crippen LogP contribution < -0.4 is 9.47 Å². The molecule has 118 valence electrons. The molecule has 0 bridgehead atoms. The van der Waals surface area contributed by atoms with Crippen LogP contribution in [0.1, 0.15) is 18.9 Å². The van der Waals surface area contributed by atoms with E-state index >= 15 is 0 Å². The third-order valence-corrected chi connectivity index (χ3v) is 3.85. The van der Waals surface area contributed by atoms with Crippen LogP contribution in [0, 0.1) is 5.92 Å². The molecule has 0 spiro atoms. The molecule has 1 heterocycles. The lowest BCUT2D eigenvalue weighted by atomic mass is 9.96. The first-order chi connectivity index (χ1) is 9.99. The van der Waals surface area contributed by atoms with Gasteiger partial charge in [0, 0.05) is 13.1 Å². The second-order valence-corrected chi connectivity index (χ2v) is 5.43. The van der Waals surface area contributed by atoms with Gasteiger partial charge in [-0.2, -0.15) is 8.78 Å². The number of alkyl halides is 2. The lowest BCUT2D eigenvalue weighted by molar-refractivity contribution is -0.0512. The largest absolute Gasteiger partial charge is 0.493 e. The van der Waals surface area contributed by atoms with Crippen molar-refractivity contribution in [1.82, 2.24) is 4.90 Å². The zero-order valence-electron chi connectivity index (χ0n) is 12.3. The zero-order chi connectivity index (χ0) is 15.4. The molecule has 1 aliphatic heterocycles. The Balaban J connectivity index is 2.04. The van der Waals surface area contributed by atoms with Gasteiger partial charge in [-0.25, -0.2) is 0 Å². The van der Waals surface area contributed by atoms with Crippen molar-refractivity contribution in [3.8, 4) is 11.5 Å². The van der Waals surface area contributed by atoms with Crippen LogP contribution in [0.2, 0.25) is 0 Å². The van der Waals surface area contributed by atoms with E-state index in [1.165, 1.54) is 13.2 Å². The summed E-state index contributed by atoms with van der Waals surface area (Å²) >= 11 is 0. The van der Waals surface area contributed by atoms with Crippen molar-refractivity contribution in [2.45, 2.75) is 32.6 Å². The minimum absolute atomic E-state index is 0.0311. The summed E-state index contributed by atoms with van der Waals surface area (Å²) in [6, 6.07) is 4.93. The summed E-state index contributed by atoms with van der Waals surface area (Å²) < 4.78 is 34.0. The molecular weight excluding hydrogens is 280 g/mol. The van der Waals surface area contributed by atoms with Crippen LogP contribution in [0.3, 0.4) is 0 Å². The predicted octanol–water partition coefficient (Wildman–Crippen LogP) is 2.50. The number of β-amino-alcohol motifs (C(OH)–C–C–N with tert-alkyl or cyclic N) is 1. The number of ether oxygens (including phenoxy) is 2. The van der Waals surface area contributed by atoms with Crippen LogP contribution in [-0.4, -0.2) is 42.9 Å². The molecule has 1 aromatic carbocycles. The highest BCUT2D eigenvalue weighted by molar-refractivity contribution is 5.43. The molecule has 1 aromatic rings. The maximum Gasteiger partial charge on any atom is 0.387 e. The van der Waals surface area contributed by atoms with Gasteiger partial charge in [-0.15, -0.1) is 0 Å². The fraction of sp³-hybridized carbons (Fsp3) is 0.600. The van der Waals surface area contributed by atoms with Crippen LogP contribution >= 0.6 is 0 Å². The van der Waals surface area contributed by atoms with E-state index in [9.17, 15) is 13.9 Å². The van der Waals surface area contributed by atoms with Crippen molar-refractivity contribution in [3.63, 3.8) is 0 Å². The fourth-order valence-corrected chi connectivity index (χ4v) is 2.52. The molecule has 0 saturated carbocycles. The maximum absolute atomic E-state index is 12.3. The average Bonchev–Trinajstić information content (AvgIpc) is 2.44. The van der Waals surface area contributed by atoms with Gasteiger partial charge < -0.3 is 14.6 Å². The van der Waals surface area contributed by atoms with E-state index in [-0.39, 0.29) is 11.9 Å². The van der Waals surface area contributed by atoms with Crippen molar-refractivity contribution in [2.24, 2.45) is 5.92 Å². The number of rotatable bonds is 5. The second kappa shape index (κ2) is 7.04. The SMILES string of the molecule is COc1cc(CN2CCC(C)C(O)C2)ccc1OC(F)F. The number of aliphatic hydroxyl groups excluding tert-OH is 1. The topological polar surface area (TPSA) is 41.9 Å². The highest BCUT2D eigenvalue weighted by atomic mass is 19.3. The first kappa shape index (κ1) is 16.0. The van der Waals surface area contributed by atoms with Crippen molar-refractivity contribution >= 4 is 0 Å². The smallest absolute Gasteiger partial charge is 0.387 e. The Labute approximate surface area is 123 Å². The van der Waals surface area contributed by atoms with Crippen LogP contribution in [0.4, 0.5) is 8.78 Å². The molecule has 0 aromatic heterocycles. The van der Waals surface area contributed by atoms with Crippen LogP contribution in [0.5, 0.6) is 11.5 Å². The number of likely N-dealkylation sites (tertiary alicyclic amines) is 1. The molecule has 1 fully saturated rings. The summed E-state index contributed by atoms with van der Waals surface area (Å²) in [6.07, 6.45) is 0.632. The van der Waals surface area contributed by atoms with Crippen LogP contribution in [-0.2, 0) is 6.54 Å². The second-order valence-electron chi connectivity index (χ2n) is 5.43. The minimum atomic E-state index is -2.87. The fourth-order valence-electron chi connectivity index (χ4n) is 2.52. The molecule has 1 N–H and O–H groups in total. The number of methoxy groups -OCH3 is 1. The Kier molecular flexibility index (Phi) is 5.36. The van der Waals surface area contributed by atoms with E-state index in [0.29, 0.717) is 24.8 Å². The molecular formula is C15H21F2NO3. The summed E-state index contributed by atoms with van der Waals surface area (Å²) in [5, 5.41) is 9.90. The van der Waals surface area contributed by atoms with Gasteiger partial charge in [-0.1, -0.05) is 13.0 Å². The first-order valence-electron chi connectivity index (χ1n) is 7.01. The Morgan fingerprint density at radius 3 is 2.76 bits per heavy atom. The Hall–Kier alpha value is -1.40. The van der Waals surface area contributed by atoms with Gasteiger partial charge in [-0.3, -0.25) is 4.90 Å². The Morgan fingerprint density at radius 1 is 1.38 bits per heavy atom. The third kappa shape index (κ3) is 4.28. The number of hydrogen-bond donors (Lipinski definition) is 1. The Bertz CT molecular complexity index is 470. The molecule has 4 nitrogen and oxygen atoms in total. The number of piperidine rings is 1. The van der Waals surface area contributed by atoms with E-state index in [4.69, 9.17) is 4.74 Å². The number of nitrogens with zero attached hydrogens (tertiary/aromatic N) is 1. The lowest BCUT2D eigenvalue weighted by Crippen LogP contribution is -2.42. The zero-order valence-corrected chi connectivity index (χ0v) is 12.3. The monoisotopic (exact) mass is 301 g/mol. The Morgan fingerprint density at radius 2 is 2.14 bits per heavy atom. The van der Waals surface area contributed by atoms with Crippen molar-refractivity contribution in [1.29, 1.82) is 0 Å². The van der Waals surface area contributed by atoms with Gasteiger partial charge in [0.2, 0.25) is 0 Å². The van der Waals surface area contributed by atoms with Crippen LogP contribution in [0.25, 0.3) is 0 Å². The maximum atomic E-state index is 12.3. The van der Waals surface area contributed by atoms with Gasteiger partial charge in [0.25, 0.3) is 0 Å².